The maximum Gasteiger partial charge on any atom is 0.226 e. The first-order valence-electron chi connectivity index (χ1n) is 7.11. The summed E-state index contributed by atoms with van der Waals surface area (Å²) in [6, 6.07) is 13.9. The summed E-state index contributed by atoms with van der Waals surface area (Å²) in [6.45, 7) is 0. The number of aromatic amines is 1. The molecule has 0 atom stereocenters. The topological polar surface area (TPSA) is 61.0 Å². The number of rotatable bonds is 4. The normalized spacial score (nSPS) is 10.6. The molecule has 1 amide bonds. The average Bonchev–Trinajstić information content (AvgIpc) is 2.96. The van der Waals surface area contributed by atoms with E-state index in [0.717, 1.165) is 28.0 Å². The Morgan fingerprint density at radius 3 is 2.59 bits per heavy atom. The lowest BCUT2D eigenvalue weighted by molar-refractivity contribution is -0.127. The molecule has 1 heterocycles. The van der Waals surface area contributed by atoms with E-state index in [-0.39, 0.29) is 5.91 Å². The van der Waals surface area contributed by atoms with Crippen molar-refractivity contribution < 1.29 is 4.79 Å². The second-order valence-electron chi connectivity index (χ2n) is 5.42. The van der Waals surface area contributed by atoms with E-state index in [9.17, 15) is 4.79 Å². The van der Waals surface area contributed by atoms with E-state index >= 15 is 0 Å². The Hall–Kier alpha value is -2.82. The molecular formula is C17H18N4O. The van der Waals surface area contributed by atoms with Crippen LogP contribution in [0.3, 0.4) is 0 Å². The first-order valence-corrected chi connectivity index (χ1v) is 7.11. The highest BCUT2D eigenvalue weighted by atomic mass is 16.2. The summed E-state index contributed by atoms with van der Waals surface area (Å²) < 4.78 is 0. The zero-order valence-electron chi connectivity index (χ0n) is 12.6. The number of benzene rings is 2. The number of likely N-dealkylation sites (N-methyl/N-ethyl adjacent to an activating group) is 1. The minimum atomic E-state index is 0.102. The van der Waals surface area contributed by atoms with Gasteiger partial charge in [-0.05, 0) is 35.9 Å². The minimum Gasteiger partial charge on any atom is -0.355 e. The van der Waals surface area contributed by atoms with Gasteiger partial charge in [0.15, 0.2) is 0 Å². The van der Waals surface area contributed by atoms with Crippen molar-refractivity contribution >= 4 is 28.3 Å². The zero-order chi connectivity index (χ0) is 15.5. The fourth-order valence-electron chi connectivity index (χ4n) is 2.22. The highest BCUT2D eigenvalue weighted by Crippen LogP contribution is 2.20. The third kappa shape index (κ3) is 3.09. The number of carbonyl (C=O) groups is 1. The average molecular weight is 294 g/mol. The first kappa shape index (κ1) is 14.1. The van der Waals surface area contributed by atoms with Crippen LogP contribution in [-0.4, -0.2) is 34.9 Å². The summed E-state index contributed by atoms with van der Waals surface area (Å²) in [5.74, 6) is 0.102. The van der Waals surface area contributed by atoms with Crippen molar-refractivity contribution in [3.05, 3.63) is 54.4 Å². The van der Waals surface area contributed by atoms with Gasteiger partial charge in [-0.2, -0.15) is 0 Å². The molecule has 0 unspecified atom stereocenters. The molecule has 0 saturated carbocycles. The summed E-state index contributed by atoms with van der Waals surface area (Å²) in [5, 5.41) is 3.35. The molecule has 0 bridgehead atoms. The molecule has 0 aliphatic rings. The van der Waals surface area contributed by atoms with E-state index in [4.69, 9.17) is 0 Å². The number of nitrogens with one attached hydrogen (secondary N) is 2. The summed E-state index contributed by atoms with van der Waals surface area (Å²) in [5.41, 5.74) is 4.93. The highest BCUT2D eigenvalue weighted by Gasteiger charge is 2.05. The van der Waals surface area contributed by atoms with Crippen molar-refractivity contribution in [2.45, 2.75) is 6.42 Å². The number of amides is 1. The monoisotopic (exact) mass is 294 g/mol. The zero-order valence-corrected chi connectivity index (χ0v) is 12.6. The number of hydrogen-bond donors (Lipinski definition) is 2. The molecule has 0 spiro atoms. The third-order valence-electron chi connectivity index (χ3n) is 3.52. The summed E-state index contributed by atoms with van der Waals surface area (Å²) in [6.07, 6.45) is 2.11. The van der Waals surface area contributed by atoms with E-state index in [1.54, 1.807) is 25.3 Å². The van der Waals surface area contributed by atoms with E-state index in [1.165, 1.54) is 0 Å². The molecule has 112 valence electrons. The van der Waals surface area contributed by atoms with Crippen LogP contribution in [0, 0.1) is 0 Å². The Morgan fingerprint density at radius 1 is 1.14 bits per heavy atom. The Morgan fingerprint density at radius 2 is 1.86 bits per heavy atom. The Labute approximate surface area is 129 Å². The van der Waals surface area contributed by atoms with Gasteiger partial charge in [0.05, 0.1) is 23.8 Å². The van der Waals surface area contributed by atoms with Crippen molar-refractivity contribution in [1.82, 2.24) is 14.9 Å². The number of carbonyl (C=O) groups excluding carboxylic acids is 1. The molecule has 2 aromatic carbocycles. The molecule has 0 aliphatic carbocycles. The lowest BCUT2D eigenvalue weighted by Crippen LogP contribution is -2.23. The number of aromatic nitrogens is 2. The Kier molecular flexibility index (Phi) is 3.78. The van der Waals surface area contributed by atoms with Crippen molar-refractivity contribution in [3.8, 4) is 0 Å². The van der Waals surface area contributed by atoms with Crippen LogP contribution in [-0.2, 0) is 11.2 Å². The Bertz CT molecular complexity index is 790. The molecule has 3 aromatic rings. The van der Waals surface area contributed by atoms with E-state index in [2.05, 4.69) is 15.3 Å². The number of fused-ring (bicyclic) bond motifs is 1. The van der Waals surface area contributed by atoms with E-state index < -0.39 is 0 Å². The van der Waals surface area contributed by atoms with Crippen molar-refractivity contribution in [2.75, 3.05) is 19.4 Å². The lowest BCUT2D eigenvalue weighted by Gasteiger charge is -2.11. The van der Waals surface area contributed by atoms with Gasteiger partial charge >= 0.3 is 0 Å². The lowest BCUT2D eigenvalue weighted by atomic mass is 10.1. The third-order valence-corrected chi connectivity index (χ3v) is 3.52. The van der Waals surface area contributed by atoms with Gasteiger partial charge in [0.1, 0.15) is 0 Å². The number of imidazole rings is 1. The smallest absolute Gasteiger partial charge is 0.226 e. The van der Waals surface area contributed by atoms with Gasteiger partial charge in [0.2, 0.25) is 5.91 Å². The molecule has 0 fully saturated rings. The highest BCUT2D eigenvalue weighted by molar-refractivity contribution is 5.80. The van der Waals surface area contributed by atoms with Crippen LogP contribution in [0.1, 0.15) is 5.56 Å². The van der Waals surface area contributed by atoms with E-state index in [0.29, 0.717) is 6.42 Å². The molecule has 5 nitrogen and oxygen atoms in total. The van der Waals surface area contributed by atoms with Crippen LogP contribution in [0.2, 0.25) is 0 Å². The summed E-state index contributed by atoms with van der Waals surface area (Å²) in [7, 11) is 3.54. The van der Waals surface area contributed by atoms with Gasteiger partial charge in [-0.25, -0.2) is 4.98 Å². The predicted molar refractivity (Wildman–Crippen MR) is 88.2 cm³/mol. The molecule has 1 aromatic heterocycles. The molecular weight excluding hydrogens is 276 g/mol. The van der Waals surface area contributed by atoms with Crippen LogP contribution in [0.4, 0.5) is 11.4 Å². The quantitative estimate of drug-likeness (QED) is 0.777. The second-order valence-corrected chi connectivity index (χ2v) is 5.42. The number of nitrogens with zero attached hydrogens (tertiary/aromatic N) is 2. The van der Waals surface area contributed by atoms with E-state index in [1.807, 2.05) is 42.5 Å². The molecule has 0 saturated heterocycles. The van der Waals surface area contributed by atoms with Crippen LogP contribution >= 0.6 is 0 Å². The molecule has 2 N–H and O–H groups in total. The summed E-state index contributed by atoms with van der Waals surface area (Å²) >= 11 is 0. The van der Waals surface area contributed by atoms with Gasteiger partial charge in [-0.15, -0.1) is 0 Å². The van der Waals surface area contributed by atoms with Gasteiger partial charge in [-0.1, -0.05) is 12.1 Å². The van der Waals surface area contributed by atoms with Gasteiger partial charge < -0.3 is 15.2 Å². The Balaban J connectivity index is 1.71. The fraction of sp³-hybridized carbons (Fsp3) is 0.176. The van der Waals surface area contributed by atoms with Crippen LogP contribution in [0.25, 0.3) is 11.0 Å². The second kappa shape index (κ2) is 5.89. The number of H-pyrrole nitrogens is 1. The largest absolute Gasteiger partial charge is 0.355 e. The van der Waals surface area contributed by atoms with Gasteiger partial charge in [0, 0.05) is 25.5 Å². The summed E-state index contributed by atoms with van der Waals surface area (Å²) in [4.78, 5) is 20.6. The van der Waals surface area contributed by atoms with Crippen molar-refractivity contribution in [2.24, 2.45) is 0 Å². The van der Waals surface area contributed by atoms with Crippen LogP contribution in [0.15, 0.2) is 48.8 Å². The maximum absolute atomic E-state index is 11.7. The molecule has 22 heavy (non-hydrogen) atoms. The van der Waals surface area contributed by atoms with Gasteiger partial charge in [-0.3, -0.25) is 4.79 Å². The molecule has 0 aliphatic heterocycles. The molecule has 3 rings (SSSR count). The number of anilines is 2. The first-order chi connectivity index (χ1) is 10.6. The maximum atomic E-state index is 11.7. The fourth-order valence-corrected chi connectivity index (χ4v) is 2.22. The van der Waals surface area contributed by atoms with Crippen molar-refractivity contribution in [1.29, 1.82) is 0 Å². The minimum absolute atomic E-state index is 0.102. The molecule has 0 radical (unpaired) electrons. The molecule has 5 heteroatoms. The SMILES string of the molecule is CN(C)C(=O)Cc1ccc(Nc2ccc3nc[nH]c3c2)cc1. The predicted octanol–water partition coefficient (Wildman–Crippen LogP) is 2.94. The van der Waals surface area contributed by atoms with Crippen LogP contribution < -0.4 is 5.32 Å². The standard InChI is InChI=1S/C17H18N4O/c1-21(2)17(22)9-12-3-5-13(6-4-12)20-14-7-8-15-16(10-14)19-11-18-15/h3-8,10-11,20H,9H2,1-2H3,(H,18,19). The number of hydrogen-bond acceptors (Lipinski definition) is 3. The van der Waals surface area contributed by atoms with Crippen LogP contribution in [0.5, 0.6) is 0 Å². The van der Waals surface area contributed by atoms with Gasteiger partial charge in [0.25, 0.3) is 0 Å². The van der Waals surface area contributed by atoms with Crippen molar-refractivity contribution in [3.63, 3.8) is 0 Å².